The molecule has 0 nitrogen and oxygen atoms in total. The predicted octanol–water partition coefficient (Wildman–Crippen LogP) is 8.08. The minimum absolute atomic E-state index is 0.170. The Morgan fingerprint density at radius 2 is 1.45 bits per heavy atom. The summed E-state index contributed by atoms with van der Waals surface area (Å²) in [5.74, 6) is -8.44. The van der Waals surface area contributed by atoms with Gasteiger partial charge in [0.15, 0.2) is 29.1 Å². The number of benzene rings is 2. The van der Waals surface area contributed by atoms with Gasteiger partial charge in [0.05, 0.1) is 0 Å². The van der Waals surface area contributed by atoms with E-state index in [1.807, 2.05) is 0 Å². The van der Waals surface area contributed by atoms with Crippen LogP contribution < -0.4 is 0 Å². The largest absolute Gasteiger partial charge is 0.206 e. The van der Waals surface area contributed by atoms with Gasteiger partial charge in [-0.15, -0.1) is 0 Å². The van der Waals surface area contributed by atoms with E-state index in [9.17, 15) is 26.3 Å². The predicted molar refractivity (Wildman–Crippen MR) is 101 cm³/mol. The molecule has 0 amide bonds. The highest BCUT2D eigenvalue weighted by molar-refractivity contribution is 5.83. The smallest absolute Gasteiger partial charge is 0.194 e. The molecule has 0 aliphatic heterocycles. The van der Waals surface area contributed by atoms with Crippen LogP contribution in [-0.4, -0.2) is 0 Å². The zero-order valence-corrected chi connectivity index (χ0v) is 16.1. The third-order valence-electron chi connectivity index (χ3n) is 5.67. The summed E-state index contributed by atoms with van der Waals surface area (Å²) in [5.41, 5.74) is -0.749. The zero-order valence-electron chi connectivity index (χ0n) is 16.1. The van der Waals surface area contributed by atoms with Gasteiger partial charge in [0.1, 0.15) is 5.82 Å². The maximum atomic E-state index is 14.5. The van der Waals surface area contributed by atoms with E-state index < -0.39 is 46.0 Å². The molecule has 0 unspecified atom stereocenters. The lowest BCUT2D eigenvalue weighted by Crippen LogP contribution is -2.13. The lowest BCUT2D eigenvalue weighted by atomic mass is 9.77. The van der Waals surface area contributed by atoms with Gasteiger partial charge in [0.25, 0.3) is 0 Å². The third kappa shape index (κ3) is 4.68. The first-order valence-corrected chi connectivity index (χ1v) is 9.81. The Hall–Kier alpha value is -2.24. The highest BCUT2D eigenvalue weighted by atomic mass is 19.2. The van der Waals surface area contributed by atoms with Crippen LogP contribution in [-0.2, 0) is 0 Å². The Balaban J connectivity index is 1.83. The van der Waals surface area contributed by atoms with Gasteiger partial charge >= 0.3 is 0 Å². The first kappa shape index (κ1) is 21.5. The lowest BCUT2D eigenvalue weighted by molar-refractivity contribution is 0.308. The molecule has 1 fully saturated rings. The molecule has 0 aromatic heterocycles. The molecule has 2 aromatic rings. The Bertz CT molecular complexity index is 887. The van der Waals surface area contributed by atoms with Crippen LogP contribution in [0.25, 0.3) is 11.7 Å². The molecule has 0 N–H and O–H groups in total. The van der Waals surface area contributed by atoms with E-state index in [4.69, 9.17) is 0 Å². The fourth-order valence-electron chi connectivity index (χ4n) is 4.08. The maximum Gasteiger partial charge on any atom is 0.194 e. The van der Waals surface area contributed by atoms with Crippen LogP contribution >= 0.6 is 0 Å². The standard InChI is InChI=1S/C23H22F6/c1-2-3-13-4-6-14(7-5-13)15-8-9-17(18(24)10-15)22(28)21(27)16-11-19(25)23(29)20(26)12-16/h8-14H,2-7H2,1H3/b22-21+. The van der Waals surface area contributed by atoms with Crippen molar-refractivity contribution in [2.75, 3.05) is 0 Å². The van der Waals surface area contributed by atoms with Gasteiger partial charge in [0.2, 0.25) is 0 Å². The third-order valence-corrected chi connectivity index (χ3v) is 5.67. The quantitative estimate of drug-likeness (QED) is 0.264. The molecule has 1 saturated carbocycles. The molecule has 0 bridgehead atoms. The van der Waals surface area contributed by atoms with Gasteiger partial charge in [0, 0.05) is 11.1 Å². The minimum atomic E-state index is -1.79. The molecule has 0 spiro atoms. The molecule has 0 atom stereocenters. The van der Waals surface area contributed by atoms with E-state index in [1.54, 1.807) is 6.07 Å². The Labute approximate surface area is 166 Å². The molecular formula is C23H22F6. The second kappa shape index (κ2) is 9.06. The summed E-state index contributed by atoms with van der Waals surface area (Å²) in [5, 5.41) is 0. The van der Waals surface area contributed by atoms with Crippen LogP contribution in [0, 0.1) is 29.2 Å². The van der Waals surface area contributed by atoms with Gasteiger partial charge in [-0.3, -0.25) is 0 Å². The normalized spacial score (nSPS) is 20.5. The second-order valence-electron chi connectivity index (χ2n) is 7.63. The highest BCUT2D eigenvalue weighted by Gasteiger charge is 2.24. The molecule has 0 saturated heterocycles. The van der Waals surface area contributed by atoms with Crippen LogP contribution in [0.1, 0.15) is 68.1 Å². The first-order chi connectivity index (χ1) is 13.8. The summed E-state index contributed by atoms with van der Waals surface area (Å²) in [6, 6.07) is 4.54. The van der Waals surface area contributed by atoms with Crippen LogP contribution in [0.15, 0.2) is 30.3 Å². The number of rotatable bonds is 5. The Kier molecular flexibility index (Phi) is 6.70. The average molecular weight is 412 g/mol. The number of hydrogen-bond donors (Lipinski definition) is 0. The van der Waals surface area contributed by atoms with E-state index in [0.717, 1.165) is 43.7 Å². The molecule has 1 aliphatic rings. The van der Waals surface area contributed by atoms with Crippen molar-refractivity contribution in [3.63, 3.8) is 0 Å². The van der Waals surface area contributed by atoms with Gasteiger partial charge in [-0.1, -0.05) is 25.8 Å². The summed E-state index contributed by atoms with van der Waals surface area (Å²) in [6.45, 7) is 2.15. The Morgan fingerprint density at radius 1 is 0.828 bits per heavy atom. The highest BCUT2D eigenvalue weighted by Crippen LogP contribution is 2.39. The molecule has 6 heteroatoms. The van der Waals surface area contributed by atoms with E-state index in [-0.39, 0.29) is 5.92 Å². The molecule has 1 aliphatic carbocycles. The Morgan fingerprint density at radius 3 is 2.00 bits per heavy atom. The van der Waals surface area contributed by atoms with E-state index in [1.165, 1.54) is 12.5 Å². The zero-order chi connectivity index (χ0) is 21.1. The fourth-order valence-corrected chi connectivity index (χ4v) is 4.08. The summed E-state index contributed by atoms with van der Waals surface area (Å²) in [4.78, 5) is 0. The monoisotopic (exact) mass is 412 g/mol. The summed E-state index contributed by atoms with van der Waals surface area (Å²) in [7, 11) is 0. The van der Waals surface area contributed by atoms with Crippen molar-refractivity contribution in [2.24, 2.45) is 5.92 Å². The van der Waals surface area contributed by atoms with Gasteiger partial charge < -0.3 is 0 Å². The van der Waals surface area contributed by atoms with Crippen LogP contribution in [0.4, 0.5) is 26.3 Å². The van der Waals surface area contributed by atoms with Crippen molar-refractivity contribution in [1.82, 2.24) is 0 Å². The molecular weight excluding hydrogens is 390 g/mol. The number of halogens is 6. The summed E-state index contributed by atoms with van der Waals surface area (Å²) in [6.07, 6.45) is 6.28. The molecule has 2 aromatic carbocycles. The van der Waals surface area contributed by atoms with Crippen LogP contribution in [0.2, 0.25) is 0 Å². The van der Waals surface area contributed by atoms with E-state index in [0.29, 0.717) is 18.1 Å². The summed E-state index contributed by atoms with van der Waals surface area (Å²) >= 11 is 0. The SMILES string of the molecule is CCCC1CCC(c2ccc(/C(F)=C(\F)c3cc(F)c(F)c(F)c3)c(F)c2)CC1. The maximum absolute atomic E-state index is 14.5. The average Bonchev–Trinajstić information content (AvgIpc) is 2.71. The number of hydrogen-bond acceptors (Lipinski definition) is 0. The minimum Gasteiger partial charge on any atom is -0.206 e. The lowest BCUT2D eigenvalue weighted by Gasteiger charge is -2.28. The van der Waals surface area contributed by atoms with Crippen molar-refractivity contribution < 1.29 is 26.3 Å². The van der Waals surface area contributed by atoms with Crippen molar-refractivity contribution in [2.45, 2.75) is 51.4 Å². The van der Waals surface area contributed by atoms with Gasteiger partial charge in [-0.05, 0) is 67.3 Å². The van der Waals surface area contributed by atoms with E-state index >= 15 is 0 Å². The molecule has 0 radical (unpaired) electrons. The van der Waals surface area contributed by atoms with Crippen LogP contribution in [0.5, 0.6) is 0 Å². The molecule has 3 rings (SSSR count). The van der Waals surface area contributed by atoms with Crippen molar-refractivity contribution >= 4 is 11.7 Å². The molecule has 0 heterocycles. The molecule has 156 valence electrons. The second-order valence-corrected chi connectivity index (χ2v) is 7.63. The van der Waals surface area contributed by atoms with Crippen molar-refractivity contribution in [3.8, 4) is 0 Å². The van der Waals surface area contributed by atoms with E-state index in [2.05, 4.69) is 6.92 Å². The van der Waals surface area contributed by atoms with Crippen molar-refractivity contribution in [1.29, 1.82) is 0 Å². The molecule has 29 heavy (non-hydrogen) atoms. The topological polar surface area (TPSA) is 0 Å². The first-order valence-electron chi connectivity index (χ1n) is 9.81. The van der Waals surface area contributed by atoms with Gasteiger partial charge in [-0.25, -0.2) is 26.3 Å². The van der Waals surface area contributed by atoms with Crippen molar-refractivity contribution in [3.05, 3.63) is 70.3 Å². The summed E-state index contributed by atoms with van der Waals surface area (Å²) < 4.78 is 82.9. The fraction of sp³-hybridized carbons (Fsp3) is 0.391. The van der Waals surface area contributed by atoms with Gasteiger partial charge in [-0.2, -0.15) is 0 Å². The van der Waals surface area contributed by atoms with Crippen LogP contribution in [0.3, 0.4) is 0 Å².